The Balaban J connectivity index is 1.38. The second kappa shape index (κ2) is 7.70. The molecule has 3 aliphatic rings. The molecule has 33 heavy (non-hydrogen) atoms. The van der Waals surface area contributed by atoms with E-state index in [0.29, 0.717) is 70.0 Å². The second-order valence-corrected chi connectivity index (χ2v) is 10.7. The number of carbonyl (C=O) groups is 1. The van der Waals surface area contributed by atoms with Gasteiger partial charge in [0, 0.05) is 24.2 Å². The Labute approximate surface area is 200 Å². The van der Waals surface area contributed by atoms with Crippen LogP contribution >= 0.6 is 23.5 Å². The normalized spacial score (nSPS) is 18.5. The Morgan fingerprint density at radius 1 is 1.33 bits per heavy atom. The van der Waals surface area contributed by atoms with E-state index in [9.17, 15) is 4.79 Å². The quantitative estimate of drug-likeness (QED) is 0.424. The fourth-order valence-corrected chi connectivity index (χ4v) is 4.76. The minimum Gasteiger partial charge on any atom is -0.476 e. The van der Waals surface area contributed by atoms with E-state index in [1.807, 2.05) is 6.07 Å². The van der Waals surface area contributed by atoms with Crippen molar-refractivity contribution in [2.24, 2.45) is 5.92 Å². The van der Waals surface area contributed by atoms with Gasteiger partial charge in [-0.25, -0.2) is 4.98 Å². The van der Waals surface area contributed by atoms with E-state index in [4.69, 9.17) is 25.6 Å². The van der Waals surface area contributed by atoms with Crippen molar-refractivity contribution in [1.82, 2.24) is 10.1 Å². The highest BCUT2D eigenvalue weighted by Crippen LogP contribution is 2.53. The lowest BCUT2D eigenvalue weighted by atomic mass is 10.1. The summed E-state index contributed by atoms with van der Waals surface area (Å²) in [6.07, 6.45) is 5.37. The molecule has 0 radical (unpaired) electrons. The molecule has 1 amide bonds. The first-order chi connectivity index (χ1) is 15.9. The second-order valence-electron chi connectivity index (χ2n) is 9.19. The first kappa shape index (κ1) is 20.9. The van der Waals surface area contributed by atoms with Gasteiger partial charge in [0.1, 0.15) is 10.8 Å². The summed E-state index contributed by atoms with van der Waals surface area (Å²) < 4.78 is 20.8. The van der Waals surface area contributed by atoms with Crippen LogP contribution in [0.15, 0.2) is 28.9 Å². The van der Waals surface area contributed by atoms with E-state index in [1.165, 1.54) is 12.8 Å². The predicted octanol–water partition coefficient (Wildman–Crippen LogP) is 5.72. The smallest absolute Gasteiger partial charge is 0.275 e. The number of amides is 1. The fourth-order valence-electron chi connectivity index (χ4n) is 3.75. The Bertz CT molecular complexity index is 1250. The molecule has 2 aromatic heterocycles. The van der Waals surface area contributed by atoms with Crippen molar-refractivity contribution in [3.63, 3.8) is 0 Å². The first-order valence-electron chi connectivity index (χ1n) is 11.1. The molecule has 2 fully saturated rings. The van der Waals surface area contributed by atoms with Crippen molar-refractivity contribution in [2.75, 3.05) is 16.2 Å². The van der Waals surface area contributed by atoms with Gasteiger partial charge in [0.05, 0.1) is 29.6 Å². The zero-order valence-corrected chi connectivity index (χ0v) is 19.8. The van der Waals surface area contributed by atoms with E-state index in [2.05, 4.69) is 28.7 Å². The molecule has 1 spiro atoms. The van der Waals surface area contributed by atoms with Crippen molar-refractivity contribution in [3.8, 4) is 11.6 Å². The van der Waals surface area contributed by atoms with Crippen LogP contribution in [0.1, 0.15) is 39.5 Å². The van der Waals surface area contributed by atoms with Crippen LogP contribution < -0.4 is 19.1 Å². The molecule has 0 unspecified atom stereocenters. The lowest BCUT2D eigenvalue weighted by molar-refractivity contribution is -0.127. The average molecular weight is 487 g/mol. The monoisotopic (exact) mass is 486 g/mol. The number of carbonyl (C=O) groups excluding carboxylic acids is 1. The minimum atomic E-state index is -0.840. The van der Waals surface area contributed by atoms with Gasteiger partial charge in [-0.2, -0.15) is 0 Å². The van der Waals surface area contributed by atoms with E-state index in [0.717, 1.165) is 5.39 Å². The number of ether oxygens (including phenoxy) is 2. The van der Waals surface area contributed by atoms with Gasteiger partial charge in [-0.05, 0) is 42.8 Å². The Kier molecular flexibility index (Phi) is 4.88. The lowest BCUT2D eigenvalue weighted by Crippen LogP contribution is -2.45. The molecule has 1 N–H and O–H groups in total. The van der Waals surface area contributed by atoms with Crippen LogP contribution in [0.25, 0.3) is 11.0 Å². The topological polar surface area (TPSA) is 89.7 Å². The molecule has 1 aromatic carbocycles. The molecule has 0 bridgehead atoms. The molecular weight excluding hydrogens is 464 g/mol. The van der Waals surface area contributed by atoms with Gasteiger partial charge in [-0.15, -0.1) is 0 Å². The van der Waals surface area contributed by atoms with E-state index >= 15 is 0 Å². The highest BCUT2D eigenvalue weighted by atomic mass is 35.5. The lowest BCUT2D eigenvalue weighted by Gasteiger charge is -2.34. The number of nitrogens with one attached hydrogen (secondary N) is 1. The molecule has 10 heteroatoms. The molecule has 172 valence electrons. The van der Waals surface area contributed by atoms with Crippen molar-refractivity contribution < 1.29 is 18.8 Å². The third-order valence-corrected chi connectivity index (χ3v) is 7.23. The summed E-state index contributed by atoms with van der Waals surface area (Å²) >= 11 is 8.12. The molecule has 8 nitrogen and oxygen atoms in total. The summed E-state index contributed by atoms with van der Waals surface area (Å²) in [5.74, 6) is 1.84. The largest absolute Gasteiger partial charge is 0.476 e. The molecule has 2 saturated carbocycles. The zero-order chi connectivity index (χ0) is 22.7. The van der Waals surface area contributed by atoms with Crippen LogP contribution in [-0.2, 0) is 4.79 Å². The van der Waals surface area contributed by atoms with Gasteiger partial charge in [-0.1, -0.05) is 30.6 Å². The SMILES string of the molecule is CC(C)COc1ncc(N2C(=O)C3(CC3)Oc3cc4c(NSC5CC5)noc4cc32)cc1Cl. The summed E-state index contributed by atoms with van der Waals surface area (Å²) in [5, 5.41) is 5.97. The van der Waals surface area contributed by atoms with Crippen molar-refractivity contribution in [1.29, 1.82) is 0 Å². The third-order valence-electron chi connectivity index (χ3n) is 5.85. The van der Waals surface area contributed by atoms with Crippen LogP contribution in [0.3, 0.4) is 0 Å². The van der Waals surface area contributed by atoms with E-state index in [1.54, 1.807) is 35.2 Å². The summed E-state index contributed by atoms with van der Waals surface area (Å²) in [4.78, 5) is 19.4. The molecular formula is C23H23ClN4O4S. The summed E-state index contributed by atoms with van der Waals surface area (Å²) in [7, 11) is 0. The van der Waals surface area contributed by atoms with Crippen LogP contribution in [0.5, 0.6) is 11.6 Å². The summed E-state index contributed by atoms with van der Waals surface area (Å²) in [6, 6.07) is 5.39. The standard InChI is InChI=1S/C23H23ClN4O4S/c1-12(2)11-30-21-16(24)7-13(10-25-21)28-17-9-18-15(20(26-32-18)27-33-14-3-4-14)8-19(17)31-23(5-6-23)22(28)29/h7-10,12,14H,3-6,11H2,1-2H3,(H,26,27). The number of aromatic nitrogens is 2. The Hall–Kier alpha value is -2.65. The van der Waals surface area contributed by atoms with Crippen LogP contribution in [0.4, 0.5) is 17.2 Å². The van der Waals surface area contributed by atoms with Crippen LogP contribution in [0.2, 0.25) is 5.02 Å². The predicted molar refractivity (Wildman–Crippen MR) is 128 cm³/mol. The maximum Gasteiger partial charge on any atom is 0.275 e. The van der Waals surface area contributed by atoms with E-state index < -0.39 is 5.60 Å². The number of pyridine rings is 1. The first-order valence-corrected chi connectivity index (χ1v) is 12.4. The maximum absolute atomic E-state index is 13.4. The number of benzene rings is 1. The molecule has 0 saturated heterocycles. The van der Waals surface area contributed by atoms with Crippen molar-refractivity contribution in [3.05, 3.63) is 29.4 Å². The molecule has 1 aliphatic heterocycles. The number of rotatable bonds is 7. The van der Waals surface area contributed by atoms with Gasteiger partial charge in [0.2, 0.25) is 5.88 Å². The van der Waals surface area contributed by atoms with Gasteiger partial charge in [0.15, 0.2) is 17.0 Å². The van der Waals surface area contributed by atoms with Gasteiger partial charge in [0.25, 0.3) is 5.91 Å². The number of fused-ring (bicyclic) bond motifs is 2. The highest BCUT2D eigenvalue weighted by Gasteiger charge is 2.58. The average Bonchev–Trinajstić information content (AvgIpc) is 3.71. The van der Waals surface area contributed by atoms with Crippen LogP contribution in [-0.4, -0.2) is 33.5 Å². The number of hydrogen-bond donors (Lipinski definition) is 1. The van der Waals surface area contributed by atoms with E-state index in [-0.39, 0.29) is 5.91 Å². The number of nitrogens with zero attached hydrogens (tertiary/aromatic N) is 3. The van der Waals surface area contributed by atoms with Gasteiger partial charge in [-0.3, -0.25) is 9.69 Å². The van der Waals surface area contributed by atoms with Crippen molar-refractivity contribution in [2.45, 2.75) is 50.4 Å². The minimum absolute atomic E-state index is 0.134. The van der Waals surface area contributed by atoms with Gasteiger partial charge >= 0.3 is 0 Å². The Morgan fingerprint density at radius 3 is 2.85 bits per heavy atom. The molecule has 2 aliphatic carbocycles. The maximum atomic E-state index is 13.4. The number of halogens is 1. The summed E-state index contributed by atoms with van der Waals surface area (Å²) in [5.41, 5.74) is 0.861. The van der Waals surface area contributed by atoms with Gasteiger partial charge < -0.3 is 18.7 Å². The van der Waals surface area contributed by atoms with Crippen LogP contribution in [0, 0.1) is 5.92 Å². The molecule has 6 rings (SSSR count). The Morgan fingerprint density at radius 2 is 2.15 bits per heavy atom. The third kappa shape index (κ3) is 3.77. The highest BCUT2D eigenvalue weighted by molar-refractivity contribution is 8.01. The zero-order valence-electron chi connectivity index (χ0n) is 18.3. The molecule has 3 heterocycles. The molecule has 3 aromatic rings. The molecule has 0 atom stereocenters. The van der Waals surface area contributed by atoms with Crippen molar-refractivity contribution >= 4 is 57.6 Å². The number of anilines is 3. The number of hydrogen-bond acceptors (Lipinski definition) is 8. The fraction of sp³-hybridized carbons (Fsp3) is 0.435. The summed E-state index contributed by atoms with van der Waals surface area (Å²) in [6.45, 7) is 4.61.